The zero-order valence-electron chi connectivity index (χ0n) is 8.83. The van der Waals surface area contributed by atoms with E-state index < -0.39 is 0 Å². The maximum absolute atomic E-state index is 11.1. The van der Waals surface area contributed by atoms with Crippen LogP contribution in [0.1, 0.15) is 15.9 Å². The van der Waals surface area contributed by atoms with E-state index in [-0.39, 0.29) is 17.8 Å². The van der Waals surface area contributed by atoms with Gasteiger partial charge in [-0.2, -0.15) is 0 Å². The molecule has 0 aliphatic rings. The summed E-state index contributed by atoms with van der Waals surface area (Å²) in [6, 6.07) is 6.80. The van der Waals surface area contributed by atoms with E-state index in [9.17, 15) is 9.59 Å². The average Bonchev–Trinajstić information content (AvgIpc) is 2.35. The predicted octanol–water partition coefficient (Wildman–Crippen LogP) is 1.33. The predicted molar refractivity (Wildman–Crippen MR) is 60.3 cm³/mol. The molecule has 0 atom stereocenters. The smallest absolute Gasteiger partial charge is 0.337 e. The molecule has 1 N–H and O–H groups in total. The first-order valence-electron chi connectivity index (χ1n) is 4.67. The number of amides is 1. The van der Waals surface area contributed by atoms with Crippen LogP contribution in [0.3, 0.4) is 0 Å². The van der Waals surface area contributed by atoms with Crippen LogP contribution in [-0.2, 0) is 16.1 Å². The number of benzene rings is 1. The van der Waals surface area contributed by atoms with Gasteiger partial charge >= 0.3 is 5.97 Å². The second-order valence-corrected chi connectivity index (χ2v) is 3.37. The van der Waals surface area contributed by atoms with E-state index in [1.54, 1.807) is 24.3 Å². The van der Waals surface area contributed by atoms with Crippen molar-refractivity contribution in [1.82, 2.24) is 5.32 Å². The maximum Gasteiger partial charge on any atom is 0.337 e. The number of carbonyl (C=O) groups excluding carboxylic acids is 2. The third-order valence-corrected chi connectivity index (χ3v) is 2.23. The number of esters is 1. The number of halogens is 1. The topological polar surface area (TPSA) is 55.4 Å². The summed E-state index contributed by atoms with van der Waals surface area (Å²) in [7, 11) is 1.33. The Morgan fingerprint density at radius 2 is 1.94 bits per heavy atom. The molecule has 0 heterocycles. The summed E-state index contributed by atoms with van der Waals surface area (Å²) in [5.41, 5.74) is 1.38. The molecular formula is C11H12ClNO3. The molecule has 0 aromatic heterocycles. The van der Waals surface area contributed by atoms with E-state index in [1.807, 2.05) is 0 Å². The zero-order chi connectivity index (χ0) is 12.0. The normalized spacial score (nSPS) is 9.62. The van der Waals surface area contributed by atoms with Gasteiger partial charge in [0.05, 0.1) is 12.7 Å². The first-order chi connectivity index (χ1) is 7.67. The average molecular weight is 242 g/mol. The number of rotatable bonds is 4. The van der Waals surface area contributed by atoms with E-state index in [2.05, 4.69) is 10.1 Å². The molecule has 0 aliphatic carbocycles. The van der Waals surface area contributed by atoms with Gasteiger partial charge in [0.25, 0.3) is 0 Å². The molecule has 1 amide bonds. The van der Waals surface area contributed by atoms with Crippen molar-refractivity contribution in [2.45, 2.75) is 6.54 Å². The summed E-state index contributed by atoms with van der Waals surface area (Å²) >= 11 is 5.33. The SMILES string of the molecule is COC(=O)c1ccc(CNC(=O)CCl)cc1. The lowest BCUT2D eigenvalue weighted by molar-refractivity contribution is -0.118. The number of methoxy groups -OCH3 is 1. The highest BCUT2D eigenvalue weighted by Crippen LogP contribution is 2.05. The quantitative estimate of drug-likeness (QED) is 0.639. The lowest BCUT2D eigenvalue weighted by atomic mass is 10.1. The lowest BCUT2D eigenvalue weighted by Crippen LogP contribution is -2.23. The second-order valence-electron chi connectivity index (χ2n) is 3.10. The van der Waals surface area contributed by atoms with Crippen molar-refractivity contribution < 1.29 is 14.3 Å². The van der Waals surface area contributed by atoms with Gasteiger partial charge in [-0.15, -0.1) is 11.6 Å². The highest BCUT2D eigenvalue weighted by molar-refractivity contribution is 6.27. The molecule has 0 saturated carbocycles. The summed E-state index contributed by atoms with van der Waals surface area (Å²) < 4.78 is 4.57. The van der Waals surface area contributed by atoms with Crippen molar-refractivity contribution in [3.05, 3.63) is 35.4 Å². The standard InChI is InChI=1S/C11H12ClNO3/c1-16-11(15)9-4-2-8(3-5-9)7-13-10(14)6-12/h2-5H,6-7H2,1H3,(H,13,14). The molecule has 1 aromatic carbocycles. The number of hydrogen-bond donors (Lipinski definition) is 1. The van der Waals surface area contributed by atoms with E-state index in [0.29, 0.717) is 12.1 Å². The number of hydrogen-bond acceptors (Lipinski definition) is 3. The molecule has 1 aromatic rings. The van der Waals surface area contributed by atoms with E-state index in [4.69, 9.17) is 11.6 Å². The molecule has 0 saturated heterocycles. The monoisotopic (exact) mass is 241 g/mol. The van der Waals surface area contributed by atoms with Crippen molar-refractivity contribution in [2.24, 2.45) is 0 Å². The largest absolute Gasteiger partial charge is 0.465 e. The number of ether oxygens (including phenoxy) is 1. The first kappa shape index (κ1) is 12.5. The Hall–Kier alpha value is -1.55. The summed E-state index contributed by atoms with van der Waals surface area (Å²) in [5, 5.41) is 2.62. The zero-order valence-corrected chi connectivity index (χ0v) is 9.58. The van der Waals surface area contributed by atoms with Crippen LogP contribution in [0, 0.1) is 0 Å². The Labute approximate surface area is 98.5 Å². The molecule has 5 heteroatoms. The second kappa shape index (κ2) is 6.12. The van der Waals surface area contributed by atoms with Crippen LogP contribution in [0.25, 0.3) is 0 Å². The summed E-state index contributed by atoms with van der Waals surface area (Å²) in [6.07, 6.45) is 0. The van der Waals surface area contributed by atoms with Crippen LogP contribution in [0.4, 0.5) is 0 Å². The van der Waals surface area contributed by atoms with Crippen molar-refractivity contribution in [2.75, 3.05) is 13.0 Å². The Morgan fingerprint density at radius 1 is 1.31 bits per heavy atom. The Kier molecular flexibility index (Phi) is 4.79. The molecule has 0 aliphatic heterocycles. The van der Waals surface area contributed by atoms with E-state index >= 15 is 0 Å². The molecule has 16 heavy (non-hydrogen) atoms. The van der Waals surface area contributed by atoms with Crippen molar-refractivity contribution in [3.63, 3.8) is 0 Å². The van der Waals surface area contributed by atoms with Crippen LogP contribution in [-0.4, -0.2) is 24.9 Å². The van der Waals surface area contributed by atoms with Gasteiger partial charge in [-0.1, -0.05) is 12.1 Å². The van der Waals surface area contributed by atoms with Gasteiger partial charge < -0.3 is 10.1 Å². The van der Waals surface area contributed by atoms with Crippen LogP contribution in [0.15, 0.2) is 24.3 Å². The fourth-order valence-electron chi connectivity index (χ4n) is 1.12. The molecular weight excluding hydrogens is 230 g/mol. The van der Waals surface area contributed by atoms with Crippen molar-refractivity contribution in [3.8, 4) is 0 Å². The van der Waals surface area contributed by atoms with Gasteiger partial charge in [0.2, 0.25) is 5.91 Å². The van der Waals surface area contributed by atoms with Gasteiger partial charge in [0.15, 0.2) is 0 Å². The fourth-order valence-corrected chi connectivity index (χ4v) is 1.22. The van der Waals surface area contributed by atoms with E-state index in [0.717, 1.165) is 5.56 Å². The molecule has 0 bridgehead atoms. The van der Waals surface area contributed by atoms with Gasteiger partial charge in [-0.25, -0.2) is 4.79 Å². The number of nitrogens with one attached hydrogen (secondary N) is 1. The molecule has 1 rings (SSSR count). The van der Waals surface area contributed by atoms with Gasteiger partial charge in [0.1, 0.15) is 5.88 Å². The highest BCUT2D eigenvalue weighted by Gasteiger charge is 2.04. The van der Waals surface area contributed by atoms with Gasteiger partial charge in [-0.05, 0) is 17.7 Å². The van der Waals surface area contributed by atoms with Gasteiger partial charge in [0, 0.05) is 6.54 Å². The fraction of sp³-hybridized carbons (Fsp3) is 0.273. The molecule has 0 spiro atoms. The van der Waals surface area contributed by atoms with Crippen LogP contribution in [0.5, 0.6) is 0 Å². The summed E-state index contributed by atoms with van der Waals surface area (Å²) in [4.78, 5) is 22.0. The van der Waals surface area contributed by atoms with Crippen LogP contribution >= 0.6 is 11.6 Å². The maximum atomic E-state index is 11.1. The van der Waals surface area contributed by atoms with Crippen molar-refractivity contribution in [1.29, 1.82) is 0 Å². The van der Waals surface area contributed by atoms with Gasteiger partial charge in [-0.3, -0.25) is 4.79 Å². The minimum absolute atomic E-state index is 0.0553. The Bertz CT molecular complexity index is 375. The Balaban J connectivity index is 2.58. The number of alkyl halides is 1. The minimum Gasteiger partial charge on any atom is -0.465 e. The molecule has 0 fully saturated rings. The van der Waals surface area contributed by atoms with Crippen LogP contribution in [0.2, 0.25) is 0 Å². The molecule has 0 radical (unpaired) electrons. The minimum atomic E-state index is -0.378. The van der Waals surface area contributed by atoms with E-state index in [1.165, 1.54) is 7.11 Å². The van der Waals surface area contributed by atoms with Crippen molar-refractivity contribution >= 4 is 23.5 Å². The first-order valence-corrected chi connectivity index (χ1v) is 5.20. The molecule has 86 valence electrons. The molecule has 0 unspecified atom stereocenters. The third-order valence-electron chi connectivity index (χ3n) is 1.99. The summed E-state index contributed by atoms with van der Waals surface area (Å²) in [6.45, 7) is 0.396. The Morgan fingerprint density at radius 3 is 2.44 bits per heavy atom. The molecule has 4 nitrogen and oxygen atoms in total. The lowest BCUT2D eigenvalue weighted by Gasteiger charge is -2.04. The summed E-state index contributed by atoms with van der Waals surface area (Å²) in [5.74, 6) is -0.657. The number of carbonyl (C=O) groups is 2. The van der Waals surface area contributed by atoms with Crippen LogP contribution < -0.4 is 5.32 Å². The highest BCUT2D eigenvalue weighted by atomic mass is 35.5. The third kappa shape index (κ3) is 3.55.